The van der Waals surface area contributed by atoms with E-state index in [2.05, 4.69) is 34.1 Å². The van der Waals surface area contributed by atoms with Gasteiger partial charge in [-0.1, -0.05) is 42.5 Å². The van der Waals surface area contributed by atoms with Crippen molar-refractivity contribution in [2.24, 2.45) is 0 Å². The van der Waals surface area contributed by atoms with Crippen LogP contribution in [0.1, 0.15) is 5.56 Å². The van der Waals surface area contributed by atoms with Crippen molar-refractivity contribution in [2.75, 3.05) is 38.2 Å². The van der Waals surface area contributed by atoms with Gasteiger partial charge in [0.15, 0.2) is 0 Å². The van der Waals surface area contributed by atoms with Crippen LogP contribution in [0.15, 0.2) is 54.6 Å². The van der Waals surface area contributed by atoms with Crippen molar-refractivity contribution in [3.63, 3.8) is 0 Å². The molecule has 0 aromatic heterocycles. The molecule has 0 radical (unpaired) electrons. The van der Waals surface area contributed by atoms with Gasteiger partial charge in [-0.15, -0.1) is 0 Å². The van der Waals surface area contributed by atoms with E-state index in [1.165, 1.54) is 5.69 Å². The van der Waals surface area contributed by atoms with Gasteiger partial charge in [0.1, 0.15) is 10.7 Å². The summed E-state index contributed by atoms with van der Waals surface area (Å²) in [4.78, 5) is 5.64. The van der Waals surface area contributed by atoms with Gasteiger partial charge in [-0.2, -0.15) is 0 Å². The molecule has 1 aliphatic heterocycles. The predicted molar refractivity (Wildman–Crippen MR) is 94.9 cm³/mol. The number of nitrogens with zero attached hydrogens (tertiary/aromatic N) is 2. The van der Waals surface area contributed by atoms with Crippen molar-refractivity contribution < 1.29 is 4.74 Å². The lowest BCUT2D eigenvalue weighted by Gasteiger charge is -2.37. The fourth-order valence-electron chi connectivity index (χ4n) is 2.72. The minimum Gasteiger partial charge on any atom is -0.497 e. The van der Waals surface area contributed by atoms with E-state index in [0.717, 1.165) is 42.5 Å². The summed E-state index contributed by atoms with van der Waals surface area (Å²) in [5.74, 6) is 0.896. The fraction of sp³-hybridized carbons (Fsp3) is 0.278. The Morgan fingerprint density at radius 2 is 1.55 bits per heavy atom. The normalized spacial score (nSPS) is 14.8. The van der Waals surface area contributed by atoms with E-state index in [1.54, 1.807) is 7.11 Å². The second-order valence-corrected chi connectivity index (χ2v) is 5.73. The molecule has 3 nitrogen and oxygen atoms in total. The van der Waals surface area contributed by atoms with Gasteiger partial charge in [-0.3, -0.25) is 0 Å². The Balaban J connectivity index is 1.61. The van der Waals surface area contributed by atoms with Crippen LogP contribution in [0, 0.1) is 0 Å². The summed E-state index contributed by atoms with van der Waals surface area (Å²) in [7, 11) is 1.69. The number of anilines is 1. The maximum absolute atomic E-state index is 5.62. The zero-order chi connectivity index (χ0) is 15.4. The average molecular weight is 312 g/mol. The van der Waals surface area contributed by atoms with Crippen LogP contribution in [-0.2, 0) is 0 Å². The molecule has 114 valence electrons. The van der Waals surface area contributed by atoms with Gasteiger partial charge in [-0.05, 0) is 24.3 Å². The minimum absolute atomic E-state index is 0.896. The number of rotatable bonds is 3. The van der Waals surface area contributed by atoms with Crippen molar-refractivity contribution in [1.82, 2.24) is 4.90 Å². The summed E-state index contributed by atoms with van der Waals surface area (Å²) < 4.78 is 5.21. The molecule has 22 heavy (non-hydrogen) atoms. The smallest absolute Gasteiger partial charge is 0.119 e. The Hall–Kier alpha value is -2.07. The molecular formula is C18H20N2OS. The molecule has 2 aromatic rings. The molecule has 3 rings (SSSR count). The summed E-state index contributed by atoms with van der Waals surface area (Å²) in [6.07, 6.45) is 0. The lowest BCUT2D eigenvalue weighted by Crippen LogP contribution is -2.48. The Bertz CT molecular complexity index is 619. The van der Waals surface area contributed by atoms with Gasteiger partial charge < -0.3 is 14.5 Å². The number of thiocarbonyl (C=S) groups is 1. The third-order valence-corrected chi connectivity index (χ3v) is 4.52. The lowest BCUT2D eigenvalue weighted by molar-refractivity contribution is 0.392. The highest BCUT2D eigenvalue weighted by atomic mass is 32.1. The monoisotopic (exact) mass is 312 g/mol. The number of methoxy groups -OCH3 is 1. The third-order valence-electron chi connectivity index (χ3n) is 4.03. The second-order valence-electron chi connectivity index (χ2n) is 5.34. The summed E-state index contributed by atoms with van der Waals surface area (Å²) in [6, 6.07) is 18.5. The molecule has 0 unspecified atom stereocenters. The lowest BCUT2D eigenvalue weighted by atomic mass is 10.2. The van der Waals surface area contributed by atoms with Gasteiger partial charge >= 0.3 is 0 Å². The molecular weight excluding hydrogens is 292 g/mol. The van der Waals surface area contributed by atoms with E-state index < -0.39 is 0 Å². The van der Waals surface area contributed by atoms with E-state index in [0.29, 0.717) is 0 Å². The molecule has 1 saturated heterocycles. The quantitative estimate of drug-likeness (QED) is 0.809. The first-order valence-corrected chi connectivity index (χ1v) is 7.92. The Morgan fingerprint density at radius 3 is 2.14 bits per heavy atom. The first kappa shape index (κ1) is 14.9. The van der Waals surface area contributed by atoms with Crippen molar-refractivity contribution in [3.05, 3.63) is 60.2 Å². The SMILES string of the molecule is COc1ccc(N2CCN(C(=S)c3ccccc3)CC2)cc1. The molecule has 4 heteroatoms. The van der Waals surface area contributed by atoms with Crippen LogP contribution in [-0.4, -0.2) is 43.2 Å². The number of hydrogen-bond acceptors (Lipinski definition) is 3. The minimum atomic E-state index is 0.896. The van der Waals surface area contributed by atoms with Crippen LogP contribution < -0.4 is 9.64 Å². The highest BCUT2D eigenvalue weighted by Crippen LogP contribution is 2.21. The molecule has 2 aromatic carbocycles. The molecule has 0 bridgehead atoms. The summed E-state index contributed by atoms with van der Waals surface area (Å²) in [5, 5.41) is 0. The van der Waals surface area contributed by atoms with Crippen LogP contribution in [0.4, 0.5) is 5.69 Å². The molecule has 0 amide bonds. The molecule has 0 spiro atoms. The van der Waals surface area contributed by atoms with Gasteiger partial charge in [-0.25, -0.2) is 0 Å². The molecule has 0 saturated carbocycles. The van der Waals surface area contributed by atoms with Crippen LogP contribution in [0.25, 0.3) is 0 Å². The van der Waals surface area contributed by atoms with Crippen molar-refractivity contribution in [3.8, 4) is 5.75 Å². The standard InChI is InChI=1S/C18H20N2OS/c1-21-17-9-7-16(8-10-17)19-11-13-20(14-12-19)18(22)15-5-3-2-4-6-15/h2-10H,11-14H2,1H3. The predicted octanol–water partition coefficient (Wildman–Crippen LogP) is 3.19. The fourth-order valence-corrected chi connectivity index (χ4v) is 3.04. The van der Waals surface area contributed by atoms with Crippen LogP contribution in [0.3, 0.4) is 0 Å². The number of ether oxygens (including phenoxy) is 1. The first-order valence-electron chi connectivity index (χ1n) is 7.51. The highest BCUT2D eigenvalue weighted by molar-refractivity contribution is 7.80. The highest BCUT2D eigenvalue weighted by Gasteiger charge is 2.19. The molecule has 1 aliphatic rings. The molecule has 0 aliphatic carbocycles. The maximum Gasteiger partial charge on any atom is 0.119 e. The van der Waals surface area contributed by atoms with Crippen LogP contribution in [0.2, 0.25) is 0 Å². The zero-order valence-corrected chi connectivity index (χ0v) is 13.6. The van der Waals surface area contributed by atoms with Gasteiger partial charge in [0, 0.05) is 37.4 Å². The van der Waals surface area contributed by atoms with E-state index in [1.807, 2.05) is 30.3 Å². The van der Waals surface area contributed by atoms with Crippen LogP contribution in [0.5, 0.6) is 5.75 Å². The average Bonchev–Trinajstić information content (AvgIpc) is 2.62. The van der Waals surface area contributed by atoms with E-state index in [4.69, 9.17) is 17.0 Å². The van der Waals surface area contributed by atoms with Crippen molar-refractivity contribution >= 4 is 22.9 Å². The molecule has 1 fully saturated rings. The Kier molecular flexibility index (Phi) is 4.59. The molecule has 1 heterocycles. The summed E-state index contributed by atoms with van der Waals surface area (Å²) in [5.41, 5.74) is 2.38. The van der Waals surface area contributed by atoms with E-state index in [9.17, 15) is 0 Å². The van der Waals surface area contributed by atoms with E-state index >= 15 is 0 Å². The number of benzene rings is 2. The number of piperazine rings is 1. The van der Waals surface area contributed by atoms with Gasteiger partial charge in [0.25, 0.3) is 0 Å². The van der Waals surface area contributed by atoms with Gasteiger partial charge in [0.05, 0.1) is 7.11 Å². The van der Waals surface area contributed by atoms with Crippen molar-refractivity contribution in [1.29, 1.82) is 0 Å². The van der Waals surface area contributed by atoms with E-state index in [-0.39, 0.29) is 0 Å². The van der Waals surface area contributed by atoms with Gasteiger partial charge in [0.2, 0.25) is 0 Å². The topological polar surface area (TPSA) is 15.7 Å². The largest absolute Gasteiger partial charge is 0.497 e. The Morgan fingerprint density at radius 1 is 0.909 bits per heavy atom. The molecule has 0 N–H and O–H groups in total. The summed E-state index contributed by atoms with van der Waals surface area (Å²) >= 11 is 5.62. The first-order chi connectivity index (χ1) is 10.8. The maximum atomic E-state index is 5.62. The third kappa shape index (κ3) is 3.22. The molecule has 0 atom stereocenters. The van der Waals surface area contributed by atoms with Crippen molar-refractivity contribution in [2.45, 2.75) is 0 Å². The zero-order valence-electron chi connectivity index (χ0n) is 12.7. The second kappa shape index (κ2) is 6.79. The number of hydrogen-bond donors (Lipinski definition) is 0. The summed E-state index contributed by atoms with van der Waals surface area (Å²) in [6.45, 7) is 3.89. The Labute approximate surface area is 137 Å². The van der Waals surface area contributed by atoms with Crippen LogP contribution >= 0.6 is 12.2 Å².